The van der Waals surface area contributed by atoms with Gasteiger partial charge in [-0.3, -0.25) is 0 Å². The number of carbonyl (C=O) groups excluding carboxylic acids is 1. The molecule has 0 N–H and O–H groups in total. The molecule has 0 aromatic heterocycles. The molecule has 0 unspecified atom stereocenters. The first-order chi connectivity index (χ1) is 6.75. The van der Waals surface area contributed by atoms with Gasteiger partial charge in [0.05, 0.1) is 0 Å². The zero-order valence-corrected chi connectivity index (χ0v) is 10.1. The fraction of sp³-hybridized carbons (Fsp3) is 0.800. The second-order valence-corrected chi connectivity index (χ2v) is 6.17. The fourth-order valence-electron chi connectivity index (χ4n) is 0.584. The van der Waals surface area contributed by atoms with E-state index in [4.69, 9.17) is 0 Å². The Labute approximate surface area is 91.7 Å². The summed E-state index contributed by atoms with van der Waals surface area (Å²) >= 11 is 0. The zero-order chi connectivity index (χ0) is 13.4. The molecule has 0 rings (SSSR count). The molecule has 0 aliphatic rings. The van der Waals surface area contributed by atoms with Crippen molar-refractivity contribution < 1.29 is 34.1 Å². The minimum absolute atomic E-state index is 1.25. The van der Waals surface area contributed by atoms with Crippen LogP contribution >= 0.6 is 0 Å². The molecule has 96 valence electrons. The molecular formula is C5H9F2NO6S2. The molecule has 0 atom stereocenters. The predicted molar refractivity (Wildman–Crippen MR) is 48.1 cm³/mol. The van der Waals surface area contributed by atoms with Crippen LogP contribution in [0.2, 0.25) is 0 Å². The molecule has 1 amide bonds. The Morgan fingerprint density at radius 2 is 1.38 bits per heavy atom. The van der Waals surface area contributed by atoms with E-state index in [1.165, 1.54) is 20.8 Å². The van der Waals surface area contributed by atoms with Gasteiger partial charge in [0.15, 0.2) is 0 Å². The lowest BCUT2D eigenvalue weighted by molar-refractivity contribution is 0.0470. The molecule has 0 aliphatic heterocycles. The molecular weight excluding hydrogens is 272 g/mol. The SMILES string of the molecule is CC(C)(C)OC(=O)N(S(=O)(=O)F)S(=O)(=O)F. The molecule has 0 radical (unpaired) electrons. The first-order valence-electron chi connectivity index (χ1n) is 3.68. The van der Waals surface area contributed by atoms with Crippen LogP contribution in [0.1, 0.15) is 20.8 Å². The lowest BCUT2D eigenvalue weighted by Crippen LogP contribution is -2.41. The van der Waals surface area contributed by atoms with E-state index in [2.05, 4.69) is 4.74 Å². The molecule has 0 aromatic rings. The van der Waals surface area contributed by atoms with Gasteiger partial charge in [0.25, 0.3) is 0 Å². The van der Waals surface area contributed by atoms with Crippen LogP contribution in [0.5, 0.6) is 0 Å². The first kappa shape index (κ1) is 15.0. The van der Waals surface area contributed by atoms with Crippen molar-refractivity contribution in [2.45, 2.75) is 26.4 Å². The summed E-state index contributed by atoms with van der Waals surface area (Å²) in [7, 11) is -12.2. The van der Waals surface area contributed by atoms with E-state index in [0.717, 1.165) is 0 Å². The Kier molecular flexibility index (Phi) is 3.88. The summed E-state index contributed by atoms with van der Waals surface area (Å²) in [5.74, 6) is 0. The van der Waals surface area contributed by atoms with Crippen molar-refractivity contribution in [3.63, 3.8) is 0 Å². The van der Waals surface area contributed by atoms with Gasteiger partial charge in [-0.05, 0) is 24.5 Å². The molecule has 7 nitrogen and oxygen atoms in total. The lowest BCUT2D eigenvalue weighted by atomic mass is 10.2. The summed E-state index contributed by atoms with van der Waals surface area (Å²) < 4.78 is 68.3. The Hall–Kier alpha value is -0.970. The van der Waals surface area contributed by atoms with E-state index >= 15 is 0 Å². The summed E-state index contributed by atoms with van der Waals surface area (Å²) in [6.45, 7) is 3.75. The maximum atomic E-state index is 12.4. The molecule has 0 spiro atoms. The highest BCUT2D eigenvalue weighted by Crippen LogP contribution is 2.17. The minimum atomic E-state index is -6.10. The second kappa shape index (κ2) is 4.13. The molecule has 16 heavy (non-hydrogen) atoms. The van der Waals surface area contributed by atoms with Crippen molar-refractivity contribution in [3.8, 4) is 0 Å². The summed E-state index contributed by atoms with van der Waals surface area (Å²) in [5.41, 5.74) is -1.31. The highest BCUT2D eigenvalue weighted by atomic mass is 32.3. The number of carbonyl (C=O) groups is 1. The number of halogens is 2. The smallest absolute Gasteiger partial charge is 0.442 e. The van der Waals surface area contributed by atoms with E-state index in [1.807, 2.05) is 0 Å². The predicted octanol–water partition coefficient (Wildman–Crippen LogP) is 0.652. The average molecular weight is 281 g/mol. The van der Waals surface area contributed by atoms with Gasteiger partial charge in [-0.25, -0.2) is 4.79 Å². The number of amides is 1. The summed E-state index contributed by atoms with van der Waals surface area (Å²) in [6.07, 6.45) is -2.18. The van der Waals surface area contributed by atoms with Gasteiger partial charge in [0.2, 0.25) is 0 Å². The molecule has 11 heteroatoms. The van der Waals surface area contributed by atoms with E-state index in [-0.39, 0.29) is 0 Å². The van der Waals surface area contributed by atoms with E-state index in [9.17, 15) is 29.4 Å². The van der Waals surface area contributed by atoms with Crippen LogP contribution in [0, 0.1) is 0 Å². The van der Waals surface area contributed by atoms with E-state index in [0.29, 0.717) is 0 Å². The molecule has 0 bridgehead atoms. The second-order valence-electron chi connectivity index (χ2n) is 3.56. The van der Waals surface area contributed by atoms with Gasteiger partial charge in [-0.15, -0.1) is 0 Å². The third-order valence-electron chi connectivity index (χ3n) is 0.939. The topological polar surface area (TPSA) is 97.8 Å². The summed E-state index contributed by atoms with van der Waals surface area (Å²) in [6, 6.07) is 0. The normalized spacial score (nSPS) is 13.3. The van der Waals surface area contributed by atoms with Crippen LogP contribution < -0.4 is 0 Å². The minimum Gasteiger partial charge on any atom is -0.442 e. The maximum Gasteiger partial charge on any atom is 0.442 e. The van der Waals surface area contributed by atoms with Crippen molar-refractivity contribution in [1.82, 2.24) is 3.71 Å². The van der Waals surface area contributed by atoms with Gasteiger partial charge in [0, 0.05) is 0 Å². The quantitative estimate of drug-likeness (QED) is 0.689. The molecule has 0 fully saturated rings. The third-order valence-corrected chi connectivity index (χ3v) is 3.10. The van der Waals surface area contributed by atoms with Crippen molar-refractivity contribution in [2.75, 3.05) is 0 Å². The van der Waals surface area contributed by atoms with Crippen LogP contribution in [-0.2, 0) is 25.6 Å². The first-order valence-corrected chi connectivity index (χ1v) is 6.36. The number of ether oxygens (including phenoxy) is 1. The molecule has 0 saturated heterocycles. The average Bonchev–Trinajstić information content (AvgIpc) is 1.70. The van der Waals surface area contributed by atoms with Crippen LogP contribution in [-0.4, -0.2) is 32.2 Å². The highest BCUT2D eigenvalue weighted by molar-refractivity contribution is 8.00. The molecule has 0 aromatic carbocycles. The van der Waals surface area contributed by atoms with Gasteiger partial charge < -0.3 is 4.74 Å². The van der Waals surface area contributed by atoms with Crippen LogP contribution in [0.15, 0.2) is 0 Å². The largest absolute Gasteiger partial charge is 0.442 e. The third kappa shape index (κ3) is 4.70. The van der Waals surface area contributed by atoms with Gasteiger partial charge in [0.1, 0.15) is 5.60 Å². The number of nitrogens with zero attached hydrogens (tertiary/aromatic N) is 1. The molecule has 0 heterocycles. The molecule has 0 aliphatic carbocycles. The lowest BCUT2D eigenvalue weighted by Gasteiger charge is -2.21. The van der Waals surface area contributed by atoms with Gasteiger partial charge >= 0.3 is 26.9 Å². The van der Waals surface area contributed by atoms with Crippen LogP contribution in [0.4, 0.5) is 12.6 Å². The van der Waals surface area contributed by atoms with Crippen molar-refractivity contribution in [2.24, 2.45) is 0 Å². The molecule has 0 saturated carbocycles. The standard InChI is InChI=1S/C5H9F2NO6S2/c1-5(2,3)14-4(9)8(15(6,10)11)16(7,12)13/h1-3H3. The van der Waals surface area contributed by atoms with Crippen molar-refractivity contribution >= 4 is 26.9 Å². The van der Waals surface area contributed by atoms with Gasteiger partial charge in [-0.2, -0.15) is 16.8 Å². The van der Waals surface area contributed by atoms with Crippen LogP contribution in [0.3, 0.4) is 0 Å². The Balaban J connectivity index is 5.36. The maximum absolute atomic E-state index is 12.4. The van der Waals surface area contributed by atoms with Gasteiger partial charge in [-0.1, -0.05) is 7.77 Å². The van der Waals surface area contributed by atoms with Crippen molar-refractivity contribution in [1.29, 1.82) is 0 Å². The Morgan fingerprint density at radius 3 is 1.56 bits per heavy atom. The number of hydrogen-bond acceptors (Lipinski definition) is 6. The summed E-state index contributed by atoms with van der Waals surface area (Å²) in [5, 5.41) is 0. The van der Waals surface area contributed by atoms with E-state index < -0.39 is 36.2 Å². The Morgan fingerprint density at radius 1 is 1.06 bits per heavy atom. The number of rotatable bonds is 2. The fourth-order valence-corrected chi connectivity index (χ4v) is 1.86. The van der Waals surface area contributed by atoms with Crippen LogP contribution in [0.25, 0.3) is 0 Å². The Bertz CT molecular complexity index is 444. The van der Waals surface area contributed by atoms with E-state index in [1.54, 1.807) is 0 Å². The number of hydrogen-bond donors (Lipinski definition) is 0. The monoisotopic (exact) mass is 281 g/mol. The van der Waals surface area contributed by atoms with Crippen molar-refractivity contribution in [3.05, 3.63) is 0 Å². The highest BCUT2D eigenvalue weighted by Gasteiger charge is 2.42. The zero-order valence-electron chi connectivity index (χ0n) is 8.47. The summed E-state index contributed by atoms with van der Waals surface area (Å²) in [4.78, 5) is 10.9.